The van der Waals surface area contributed by atoms with Crippen molar-refractivity contribution in [1.29, 1.82) is 0 Å². The lowest BCUT2D eigenvalue weighted by Crippen LogP contribution is -2.19. The minimum Gasteiger partial charge on any atom is -0.375 e. The standard InChI is InChI=1S/C18H16Cl2N4O2/c1-26-11-18(25)24-17(22-15-8-4-13(20)5-9-15)10-16(23-24)21-14-6-2-12(19)3-7-14/h2-10,22H,11H2,1H3,(H,21,23). The van der Waals surface area contributed by atoms with Crippen molar-refractivity contribution >= 4 is 52.1 Å². The number of halogens is 2. The van der Waals surface area contributed by atoms with Crippen LogP contribution in [0.4, 0.5) is 23.0 Å². The van der Waals surface area contributed by atoms with E-state index in [0.717, 1.165) is 11.4 Å². The van der Waals surface area contributed by atoms with Gasteiger partial charge in [-0.2, -0.15) is 4.68 Å². The van der Waals surface area contributed by atoms with Crippen molar-refractivity contribution in [2.75, 3.05) is 24.4 Å². The maximum Gasteiger partial charge on any atom is 0.274 e. The average Bonchev–Trinajstić information content (AvgIpc) is 3.02. The van der Waals surface area contributed by atoms with Gasteiger partial charge in [0.2, 0.25) is 0 Å². The zero-order chi connectivity index (χ0) is 18.5. The number of aromatic nitrogens is 2. The predicted molar refractivity (Wildman–Crippen MR) is 104 cm³/mol. The highest BCUT2D eigenvalue weighted by Gasteiger charge is 2.15. The minimum atomic E-state index is -0.298. The van der Waals surface area contributed by atoms with Gasteiger partial charge < -0.3 is 15.4 Å². The van der Waals surface area contributed by atoms with E-state index in [1.807, 2.05) is 24.3 Å². The Bertz CT molecular complexity index is 893. The third-order valence-corrected chi connectivity index (χ3v) is 3.95. The lowest BCUT2D eigenvalue weighted by Gasteiger charge is -2.08. The summed E-state index contributed by atoms with van der Waals surface area (Å²) in [7, 11) is 1.46. The predicted octanol–water partition coefficient (Wildman–Crippen LogP) is 4.96. The highest BCUT2D eigenvalue weighted by Crippen LogP contribution is 2.24. The van der Waals surface area contributed by atoms with E-state index >= 15 is 0 Å². The number of nitrogens with zero attached hydrogens (tertiary/aromatic N) is 2. The molecule has 134 valence electrons. The molecule has 3 rings (SSSR count). The second-order valence-corrected chi connectivity index (χ2v) is 6.29. The maximum absolute atomic E-state index is 12.3. The molecule has 0 spiro atoms. The molecule has 1 aromatic heterocycles. The van der Waals surface area contributed by atoms with E-state index in [2.05, 4.69) is 15.7 Å². The summed E-state index contributed by atoms with van der Waals surface area (Å²) >= 11 is 11.8. The highest BCUT2D eigenvalue weighted by molar-refractivity contribution is 6.30. The van der Waals surface area contributed by atoms with E-state index < -0.39 is 0 Å². The van der Waals surface area contributed by atoms with Gasteiger partial charge in [0.05, 0.1) is 0 Å². The van der Waals surface area contributed by atoms with Crippen LogP contribution in [0.25, 0.3) is 0 Å². The molecule has 3 aromatic rings. The second kappa shape index (κ2) is 8.23. The van der Waals surface area contributed by atoms with Crippen LogP contribution in [-0.2, 0) is 4.74 Å². The van der Waals surface area contributed by atoms with Gasteiger partial charge >= 0.3 is 0 Å². The number of hydrogen-bond donors (Lipinski definition) is 2. The van der Waals surface area contributed by atoms with Crippen LogP contribution < -0.4 is 10.6 Å². The number of anilines is 4. The van der Waals surface area contributed by atoms with Crippen molar-refractivity contribution in [3.63, 3.8) is 0 Å². The molecule has 0 aliphatic carbocycles. The second-order valence-electron chi connectivity index (χ2n) is 5.42. The fraction of sp³-hybridized carbons (Fsp3) is 0.111. The Labute approximate surface area is 160 Å². The zero-order valence-electron chi connectivity index (χ0n) is 13.9. The van der Waals surface area contributed by atoms with E-state index in [4.69, 9.17) is 27.9 Å². The molecule has 2 N–H and O–H groups in total. The Balaban J connectivity index is 1.87. The molecule has 0 saturated carbocycles. The monoisotopic (exact) mass is 390 g/mol. The normalized spacial score (nSPS) is 10.6. The van der Waals surface area contributed by atoms with Crippen molar-refractivity contribution in [2.45, 2.75) is 0 Å². The molecule has 8 heteroatoms. The van der Waals surface area contributed by atoms with Gasteiger partial charge in [0.1, 0.15) is 12.4 Å². The number of carbonyl (C=O) groups excluding carboxylic acids is 1. The van der Waals surface area contributed by atoms with Gasteiger partial charge in [-0.1, -0.05) is 23.2 Å². The van der Waals surface area contributed by atoms with Gasteiger partial charge in [0.25, 0.3) is 5.91 Å². The number of hydrogen-bond acceptors (Lipinski definition) is 5. The molecule has 0 aliphatic heterocycles. The minimum absolute atomic E-state index is 0.0859. The fourth-order valence-electron chi connectivity index (χ4n) is 2.27. The lowest BCUT2D eigenvalue weighted by atomic mass is 10.3. The molecule has 0 atom stereocenters. The molecule has 0 radical (unpaired) electrons. The Morgan fingerprint density at radius 3 is 2.08 bits per heavy atom. The Hall–Kier alpha value is -2.54. The van der Waals surface area contributed by atoms with Gasteiger partial charge in [-0.3, -0.25) is 4.79 Å². The molecule has 26 heavy (non-hydrogen) atoms. The fourth-order valence-corrected chi connectivity index (χ4v) is 2.52. The van der Waals surface area contributed by atoms with Crippen molar-refractivity contribution in [3.05, 3.63) is 64.6 Å². The molecule has 1 heterocycles. The topological polar surface area (TPSA) is 68.2 Å². The largest absolute Gasteiger partial charge is 0.375 e. The zero-order valence-corrected chi connectivity index (χ0v) is 15.4. The maximum atomic E-state index is 12.3. The summed E-state index contributed by atoms with van der Waals surface area (Å²) < 4.78 is 6.19. The summed E-state index contributed by atoms with van der Waals surface area (Å²) in [5.74, 6) is 0.715. The number of methoxy groups -OCH3 is 1. The van der Waals surface area contributed by atoms with E-state index in [1.54, 1.807) is 30.3 Å². The smallest absolute Gasteiger partial charge is 0.274 e. The van der Waals surface area contributed by atoms with Crippen LogP contribution in [0.5, 0.6) is 0 Å². The number of carbonyl (C=O) groups is 1. The molecule has 0 amide bonds. The highest BCUT2D eigenvalue weighted by atomic mass is 35.5. The van der Waals surface area contributed by atoms with E-state index in [0.29, 0.717) is 21.7 Å². The summed E-state index contributed by atoms with van der Waals surface area (Å²) in [6.07, 6.45) is 0. The van der Waals surface area contributed by atoms with Crippen LogP contribution in [0, 0.1) is 0 Å². The van der Waals surface area contributed by atoms with Gasteiger partial charge in [0, 0.05) is 34.6 Å². The molecule has 0 unspecified atom stereocenters. The number of benzene rings is 2. The first-order chi connectivity index (χ1) is 12.5. The van der Waals surface area contributed by atoms with Crippen LogP contribution in [0.1, 0.15) is 4.79 Å². The summed E-state index contributed by atoms with van der Waals surface area (Å²) in [5.41, 5.74) is 1.58. The van der Waals surface area contributed by atoms with Gasteiger partial charge in [-0.15, -0.1) is 5.10 Å². The molecule has 0 saturated heterocycles. The van der Waals surface area contributed by atoms with E-state index in [9.17, 15) is 4.79 Å². The summed E-state index contributed by atoms with van der Waals surface area (Å²) in [6, 6.07) is 16.1. The van der Waals surface area contributed by atoms with E-state index in [1.165, 1.54) is 11.8 Å². The van der Waals surface area contributed by atoms with Crippen molar-refractivity contribution < 1.29 is 9.53 Å². The van der Waals surface area contributed by atoms with Gasteiger partial charge in [-0.05, 0) is 48.5 Å². The van der Waals surface area contributed by atoms with Crippen molar-refractivity contribution in [1.82, 2.24) is 9.78 Å². The molecule has 0 fully saturated rings. The number of rotatable bonds is 6. The third kappa shape index (κ3) is 4.54. The summed E-state index contributed by atoms with van der Waals surface area (Å²) in [4.78, 5) is 12.3. The van der Waals surface area contributed by atoms with Gasteiger partial charge in [0.15, 0.2) is 5.82 Å². The lowest BCUT2D eigenvalue weighted by molar-refractivity contribution is 0.0748. The molecular formula is C18H16Cl2N4O2. The first kappa shape index (κ1) is 18.3. The average molecular weight is 391 g/mol. The summed E-state index contributed by atoms with van der Waals surface area (Å²) in [6.45, 7) is -0.0859. The number of nitrogens with one attached hydrogen (secondary N) is 2. The van der Waals surface area contributed by atoms with Crippen LogP contribution in [-0.4, -0.2) is 29.4 Å². The van der Waals surface area contributed by atoms with Crippen molar-refractivity contribution in [2.24, 2.45) is 0 Å². The first-order valence-corrected chi connectivity index (χ1v) is 8.48. The summed E-state index contributed by atoms with van der Waals surface area (Å²) in [5, 5.41) is 11.9. The first-order valence-electron chi connectivity index (χ1n) is 7.72. The molecule has 0 bridgehead atoms. The van der Waals surface area contributed by atoms with Crippen LogP contribution >= 0.6 is 23.2 Å². The SMILES string of the molecule is COCC(=O)n1nc(Nc2ccc(Cl)cc2)cc1Nc1ccc(Cl)cc1. The van der Waals surface area contributed by atoms with Crippen LogP contribution in [0.3, 0.4) is 0 Å². The van der Waals surface area contributed by atoms with E-state index in [-0.39, 0.29) is 12.5 Å². The molecule has 0 aliphatic rings. The van der Waals surface area contributed by atoms with Crippen LogP contribution in [0.15, 0.2) is 54.6 Å². The number of ether oxygens (including phenoxy) is 1. The molecule has 6 nitrogen and oxygen atoms in total. The Morgan fingerprint density at radius 1 is 1.00 bits per heavy atom. The van der Waals surface area contributed by atoms with Gasteiger partial charge in [-0.25, -0.2) is 0 Å². The third-order valence-electron chi connectivity index (χ3n) is 3.45. The Morgan fingerprint density at radius 2 is 1.54 bits per heavy atom. The van der Waals surface area contributed by atoms with Crippen LogP contribution in [0.2, 0.25) is 10.0 Å². The molecule has 2 aromatic carbocycles. The van der Waals surface area contributed by atoms with Crippen molar-refractivity contribution in [3.8, 4) is 0 Å². The quantitative estimate of drug-likeness (QED) is 0.622. The Kier molecular flexibility index (Phi) is 5.78. The molecular weight excluding hydrogens is 375 g/mol.